The molecule has 2 spiro atoms. The molecule has 2 aliphatic heterocycles. The molecule has 2 aliphatic carbocycles. The average molecular weight is 1280 g/mol. The molecule has 0 atom stereocenters. The zero-order chi connectivity index (χ0) is 53.9. The third kappa shape index (κ3) is 9.86. The van der Waals surface area contributed by atoms with Gasteiger partial charge < -0.3 is 0 Å². The van der Waals surface area contributed by atoms with Crippen molar-refractivity contribution in [2.24, 2.45) is 0 Å². The maximum absolute atomic E-state index is 15.1. The molecule has 0 aromatic heterocycles. The predicted octanol–water partition coefficient (Wildman–Crippen LogP) is 12.0. The Kier molecular flexibility index (Phi) is 14.1. The van der Waals surface area contributed by atoms with Crippen LogP contribution in [0.4, 0.5) is 0 Å². The summed E-state index contributed by atoms with van der Waals surface area (Å²) < 4.78 is 86.7. The molecule has 10 rings (SSSR count). The van der Waals surface area contributed by atoms with Crippen LogP contribution in [0.5, 0.6) is 0 Å². The van der Waals surface area contributed by atoms with Gasteiger partial charge in [-0.05, 0) is 0 Å². The summed E-state index contributed by atoms with van der Waals surface area (Å²) in [7, 11) is -9.42. The number of benzene rings is 6. The van der Waals surface area contributed by atoms with Crippen LogP contribution < -0.4 is 0 Å². The van der Waals surface area contributed by atoms with Gasteiger partial charge in [-0.15, -0.1) is 0 Å². The van der Waals surface area contributed by atoms with E-state index in [4.69, 9.17) is 14.5 Å². The van der Waals surface area contributed by atoms with Gasteiger partial charge in [-0.1, -0.05) is 0 Å². The van der Waals surface area contributed by atoms with Gasteiger partial charge in [0.2, 0.25) is 0 Å². The number of halogens is 2. The number of carbonyl (C=O) groups is 4. The fraction of sp³-hybridized carbons (Fsp3) is 0.133. The molecule has 2 heterocycles. The van der Waals surface area contributed by atoms with E-state index in [2.05, 4.69) is 0 Å². The van der Waals surface area contributed by atoms with Gasteiger partial charge in [0.05, 0.1) is 0 Å². The van der Waals surface area contributed by atoms with E-state index in [0.717, 1.165) is 11.1 Å². The molecule has 6 aromatic carbocycles. The Morgan fingerprint density at radius 3 is 1.08 bits per heavy atom. The van der Waals surface area contributed by atoms with Crippen molar-refractivity contribution < 1.29 is 50.5 Å². The molecule has 0 radical (unpaired) electrons. The monoisotopic (exact) mass is 1280 g/mol. The van der Waals surface area contributed by atoms with Crippen molar-refractivity contribution in [1.29, 1.82) is 0 Å². The van der Waals surface area contributed by atoms with Crippen LogP contribution in [0.1, 0.15) is 44.5 Å². The summed E-state index contributed by atoms with van der Waals surface area (Å²) in [6.07, 6.45) is 11.1. The Morgan fingerprint density at radius 2 is 0.750 bits per heavy atom. The first-order chi connectivity index (χ1) is 36.2. The van der Waals surface area contributed by atoms with Crippen LogP contribution in [0, 0.1) is 48.7 Å². The summed E-state index contributed by atoms with van der Waals surface area (Å²) in [6, 6.07) is 37.4. The molecular formula is C60H48I2O12S2. The quantitative estimate of drug-likeness (QED) is 0.0792. The Labute approximate surface area is 456 Å². The molecule has 0 N–H and O–H groups in total. The van der Waals surface area contributed by atoms with Crippen LogP contribution in [0.2, 0.25) is 0 Å². The second-order valence-corrected chi connectivity index (χ2v) is 31.1. The summed E-state index contributed by atoms with van der Waals surface area (Å²) in [6.45, 7) is 11.0. The van der Waals surface area contributed by atoms with Crippen molar-refractivity contribution in [2.45, 2.75) is 62.5 Å². The normalized spacial score (nSPS) is 17.0. The number of allylic oxidation sites excluding steroid dienone is 4. The molecule has 0 fully saturated rings. The van der Waals surface area contributed by atoms with Gasteiger partial charge in [-0.25, -0.2) is 0 Å². The van der Waals surface area contributed by atoms with Gasteiger partial charge in [0.1, 0.15) is 0 Å². The summed E-state index contributed by atoms with van der Waals surface area (Å²) in [5.41, 5.74) is 3.33. The standard InChI is InChI=1S/C60H48I2O12S2/c1-37-17-21-47(22-18-37)75(67,68)73-61(55-53(43-13-9-7-10-14-43)59(71-57(55)65)29-25-45(63)26-30-59)49-35-39(3)33-41(5)51(49)52-42(6)34-40(4)36-50(52)62(74-76(69,70)48-23-19-38(2)20-24-48)56-54(44-15-11-8-12-16-44)60(72-58(56)66)31-27-46(64)28-32-60/h7-36H,1-6H3. The van der Waals surface area contributed by atoms with Gasteiger partial charge >= 0.3 is 460 Å². The molecule has 386 valence electrons. The van der Waals surface area contributed by atoms with Crippen LogP contribution in [-0.2, 0) is 53.9 Å². The third-order valence-corrected chi connectivity index (χ3v) is 28.0. The predicted molar refractivity (Wildman–Crippen MR) is 306 cm³/mol. The number of esters is 2. The number of rotatable bonds is 13. The van der Waals surface area contributed by atoms with Crippen molar-refractivity contribution in [3.05, 3.63) is 241 Å². The first kappa shape index (κ1) is 52.7. The molecule has 4 aliphatic rings. The number of carbonyl (C=O) groups excluding carboxylic acids is 4. The van der Waals surface area contributed by atoms with E-state index >= 15 is 26.4 Å². The van der Waals surface area contributed by atoms with Crippen molar-refractivity contribution in [2.75, 3.05) is 0 Å². The molecule has 16 heteroatoms. The fourth-order valence-corrected chi connectivity index (χ4v) is 26.1. The average Bonchev–Trinajstić information content (AvgIpc) is 3.86. The molecule has 0 saturated carbocycles. The summed E-state index contributed by atoms with van der Waals surface area (Å²) in [5, 5.41) is 0. The zero-order valence-electron chi connectivity index (χ0n) is 41.8. The number of hydrogen-bond acceptors (Lipinski definition) is 12. The molecule has 0 saturated heterocycles. The van der Waals surface area contributed by atoms with E-state index in [-0.39, 0.29) is 39.7 Å². The summed E-state index contributed by atoms with van der Waals surface area (Å²) >= 11 is -8.71. The van der Waals surface area contributed by atoms with Crippen molar-refractivity contribution in [3.63, 3.8) is 0 Å². The number of ketones is 2. The van der Waals surface area contributed by atoms with Crippen LogP contribution in [0.3, 0.4) is 0 Å². The van der Waals surface area contributed by atoms with Crippen LogP contribution in [-0.4, -0.2) is 51.5 Å². The minimum absolute atomic E-state index is 0.0262. The first-order valence-corrected chi connectivity index (χ1v) is 32.7. The molecule has 76 heavy (non-hydrogen) atoms. The van der Waals surface area contributed by atoms with E-state index < -0.39 is 83.8 Å². The van der Waals surface area contributed by atoms with E-state index in [9.17, 15) is 9.59 Å². The second-order valence-electron chi connectivity index (χ2n) is 18.6. The topological polar surface area (TPSA) is 173 Å². The van der Waals surface area contributed by atoms with Gasteiger partial charge in [0.15, 0.2) is 0 Å². The summed E-state index contributed by atoms with van der Waals surface area (Å²) in [5.74, 6) is -2.40. The van der Waals surface area contributed by atoms with Crippen LogP contribution >= 0.6 is 40.5 Å². The van der Waals surface area contributed by atoms with Crippen LogP contribution in [0.25, 0.3) is 22.3 Å². The molecule has 0 unspecified atom stereocenters. The first-order valence-electron chi connectivity index (χ1n) is 23.8. The number of hydrogen-bond donors (Lipinski definition) is 0. The van der Waals surface area contributed by atoms with Crippen molar-refractivity contribution >= 4 is 95.4 Å². The molecule has 6 aromatic rings. The second kappa shape index (κ2) is 20.4. The maximum atomic E-state index is 15.1. The molecule has 0 bridgehead atoms. The fourth-order valence-electron chi connectivity index (χ4n) is 9.51. The minimum atomic E-state index is -4.71. The number of ether oxygens (including phenoxy) is 2. The number of aryl methyl sites for hydroxylation is 6. The summed E-state index contributed by atoms with van der Waals surface area (Å²) in [4.78, 5) is 55.4. The van der Waals surface area contributed by atoms with E-state index in [1.165, 1.54) is 72.9 Å². The van der Waals surface area contributed by atoms with Gasteiger partial charge in [-0.3, -0.25) is 0 Å². The van der Waals surface area contributed by atoms with Gasteiger partial charge in [-0.2, -0.15) is 0 Å². The molecular weight excluding hydrogens is 1230 g/mol. The Bertz CT molecular complexity index is 3590. The Balaban J connectivity index is 1.31. The van der Waals surface area contributed by atoms with Crippen LogP contribution in [0.15, 0.2) is 199 Å². The molecule has 0 amide bonds. The third-order valence-electron chi connectivity index (χ3n) is 12.9. The van der Waals surface area contributed by atoms with E-state index in [1.807, 2.05) is 53.7 Å². The van der Waals surface area contributed by atoms with E-state index in [1.54, 1.807) is 97.1 Å². The SMILES string of the molecule is Cc1ccc(S(=O)(=O)OI(C2=C(c3ccccc3)C3(C=CC(=O)C=C3)OC2=O)c2cc(C)cc(C)c2-c2c(C)cc(C)cc2I(OS(=O)(=O)c2ccc(C)cc2)C2=C(c3ccccc3)C3(C=CC(=O)C=C3)OC2=O)cc1. The Hall–Kier alpha value is -6.68. The Morgan fingerprint density at radius 1 is 0.421 bits per heavy atom. The van der Waals surface area contributed by atoms with Gasteiger partial charge in [0.25, 0.3) is 0 Å². The van der Waals surface area contributed by atoms with Crippen molar-refractivity contribution in [1.82, 2.24) is 0 Å². The van der Waals surface area contributed by atoms with Crippen molar-refractivity contribution in [3.8, 4) is 11.1 Å². The van der Waals surface area contributed by atoms with E-state index in [0.29, 0.717) is 51.6 Å². The van der Waals surface area contributed by atoms with Gasteiger partial charge in [0, 0.05) is 0 Å². The molecule has 12 nitrogen and oxygen atoms in total. The zero-order valence-corrected chi connectivity index (χ0v) is 47.7.